The van der Waals surface area contributed by atoms with Crippen LogP contribution in [0.3, 0.4) is 0 Å². The Morgan fingerprint density at radius 3 is 2.54 bits per heavy atom. The number of hydrogen-bond acceptors (Lipinski definition) is 6. The van der Waals surface area contributed by atoms with Crippen molar-refractivity contribution in [1.29, 1.82) is 0 Å². The van der Waals surface area contributed by atoms with Crippen LogP contribution in [0.4, 0.5) is 5.69 Å². The number of thioether (sulfide) groups is 1. The lowest BCUT2D eigenvalue weighted by Crippen LogP contribution is -2.23. The van der Waals surface area contributed by atoms with Gasteiger partial charge >= 0.3 is 11.9 Å². The molecular formula is C28H27N3O5S. The number of carboxylic acids is 1. The van der Waals surface area contributed by atoms with Crippen molar-refractivity contribution in [2.24, 2.45) is 4.99 Å². The van der Waals surface area contributed by atoms with Gasteiger partial charge in [0.05, 0.1) is 28.3 Å². The number of carbonyl (C=O) groups is 3. The van der Waals surface area contributed by atoms with Gasteiger partial charge in [-0.1, -0.05) is 12.1 Å². The molecule has 0 saturated carbocycles. The van der Waals surface area contributed by atoms with Crippen LogP contribution < -0.4 is 0 Å². The Labute approximate surface area is 219 Å². The first-order valence-corrected chi connectivity index (χ1v) is 12.5. The first-order chi connectivity index (χ1) is 17.6. The number of likely N-dealkylation sites (N-methyl/N-ethyl adjacent to an activating group) is 1. The third kappa shape index (κ3) is 5.08. The van der Waals surface area contributed by atoms with E-state index in [9.17, 15) is 19.5 Å². The van der Waals surface area contributed by atoms with Crippen molar-refractivity contribution in [3.05, 3.63) is 87.1 Å². The van der Waals surface area contributed by atoms with E-state index in [0.717, 1.165) is 22.6 Å². The Morgan fingerprint density at radius 1 is 1.11 bits per heavy atom. The fourth-order valence-corrected chi connectivity index (χ4v) is 5.16. The SMILES string of the molecule is CCOC(=O)c1cccc(-n2c(C)cc(/C=C3\SC(=Nc4cccc(C(=O)O)c4C)N(C)C3=O)c2C)c1. The lowest BCUT2D eigenvalue weighted by molar-refractivity contribution is -0.121. The number of esters is 1. The molecule has 190 valence electrons. The van der Waals surface area contributed by atoms with E-state index >= 15 is 0 Å². The Morgan fingerprint density at radius 2 is 1.84 bits per heavy atom. The van der Waals surface area contributed by atoms with Crippen molar-refractivity contribution in [1.82, 2.24) is 9.47 Å². The van der Waals surface area contributed by atoms with Gasteiger partial charge in [-0.05, 0) is 93.1 Å². The van der Waals surface area contributed by atoms with Gasteiger partial charge in [-0.2, -0.15) is 0 Å². The zero-order valence-corrected chi connectivity index (χ0v) is 22.0. The second-order valence-electron chi connectivity index (χ2n) is 8.56. The zero-order valence-electron chi connectivity index (χ0n) is 21.2. The number of amidine groups is 1. The minimum absolute atomic E-state index is 0.175. The molecule has 4 rings (SSSR count). The van der Waals surface area contributed by atoms with Gasteiger partial charge in [0.2, 0.25) is 0 Å². The summed E-state index contributed by atoms with van der Waals surface area (Å²) < 4.78 is 7.16. The van der Waals surface area contributed by atoms with Crippen molar-refractivity contribution in [2.45, 2.75) is 27.7 Å². The molecule has 1 aromatic heterocycles. The monoisotopic (exact) mass is 517 g/mol. The quantitative estimate of drug-likeness (QED) is 0.342. The molecule has 9 heteroatoms. The summed E-state index contributed by atoms with van der Waals surface area (Å²) in [4.78, 5) is 43.3. The number of aromatic nitrogens is 1. The van der Waals surface area contributed by atoms with Gasteiger partial charge in [-0.15, -0.1) is 0 Å². The fourth-order valence-electron chi connectivity index (χ4n) is 4.19. The van der Waals surface area contributed by atoms with Crippen LogP contribution in [0.15, 0.2) is 58.4 Å². The van der Waals surface area contributed by atoms with E-state index in [0.29, 0.717) is 33.5 Å². The molecule has 2 aromatic carbocycles. The number of hydrogen-bond donors (Lipinski definition) is 1. The molecule has 8 nitrogen and oxygen atoms in total. The topological polar surface area (TPSA) is 101 Å². The Kier molecular flexibility index (Phi) is 7.35. The van der Waals surface area contributed by atoms with Gasteiger partial charge < -0.3 is 14.4 Å². The lowest BCUT2D eigenvalue weighted by Gasteiger charge is -2.11. The molecular weight excluding hydrogens is 490 g/mol. The second-order valence-corrected chi connectivity index (χ2v) is 9.57. The summed E-state index contributed by atoms with van der Waals surface area (Å²) in [5.74, 6) is -1.59. The summed E-state index contributed by atoms with van der Waals surface area (Å²) >= 11 is 1.24. The predicted octanol–water partition coefficient (Wildman–Crippen LogP) is 5.51. The first kappa shape index (κ1) is 26.0. The molecule has 1 amide bonds. The molecule has 2 heterocycles. The third-order valence-corrected chi connectivity index (χ3v) is 7.19. The third-order valence-electron chi connectivity index (χ3n) is 6.13. The molecule has 1 saturated heterocycles. The van der Waals surface area contributed by atoms with Crippen LogP contribution in [0.25, 0.3) is 11.8 Å². The van der Waals surface area contributed by atoms with Crippen LogP contribution in [-0.4, -0.2) is 51.2 Å². The summed E-state index contributed by atoms with van der Waals surface area (Å²) in [6.45, 7) is 7.70. The molecule has 1 aliphatic heterocycles. The van der Waals surface area contributed by atoms with Crippen LogP contribution in [0.2, 0.25) is 0 Å². The van der Waals surface area contributed by atoms with Crippen LogP contribution in [0, 0.1) is 20.8 Å². The molecule has 0 bridgehead atoms. The first-order valence-electron chi connectivity index (χ1n) is 11.7. The number of carboxylic acid groups (broad SMARTS) is 1. The molecule has 1 N–H and O–H groups in total. The van der Waals surface area contributed by atoms with Crippen LogP contribution >= 0.6 is 11.8 Å². The van der Waals surface area contributed by atoms with Gasteiger partial charge in [0, 0.05) is 24.1 Å². The highest BCUT2D eigenvalue weighted by Crippen LogP contribution is 2.35. The number of carbonyl (C=O) groups excluding carboxylic acids is 2. The van der Waals surface area contributed by atoms with Crippen LogP contribution in [0.1, 0.15) is 50.2 Å². The predicted molar refractivity (Wildman–Crippen MR) is 145 cm³/mol. The molecule has 0 aliphatic carbocycles. The van der Waals surface area contributed by atoms with Crippen molar-refractivity contribution in [2.75, 3.05) is 13.7 Å². The molecule has 0 spiro atoms. The number of aromatic carboxylic acids is 1. The molecule has 37 heavy (non-hydrogen) atoms. The average molecular weight is 518 g/mol. The highest BCUT2D eigenvalue weighted by atomic mass is 32.2. The number of amides is 1. The Bertz CT molecular complexity index is 1480. The van der Waals surface area contributed by atoms with E-state index < -0.39 is 5.97 Å². The summed E-state index contributed by atoms with van der Waals surface area (Å²) in [5.41, 5.74) is 5.24. The van der Waals surface area contributed by atoms with Crippen LogP contribution in [-0.2, 0) is 9.53 Å². The maximum atomic E-state index is 13.0. The minimum atomic E-state index is -1.02. The van der Waals surface area contributed by atoms with E-state index in [1.807, 2.05) is 42.7 Å². The number of benzene rings is 2. The lowest BCUT2D eigenvalue weighted by atomic mass is 10.1. The maximum Gasteiger partial charge on any atom is 0.338 e. The summed E-state index contributed by atoms with van der Waals surface area (Å²) in [5, 5.41) is 9.87. The standard InChI is InChI=1S/C28H27N3O5S/c1-6-36-27(35)19-9-7-10-21(14-19)31-16(2)13-20(18(31)4)15-24-25(32)30(5)28(37-24)29-23-12-8-11-22(17(23)3)26(33)34/h7-15H,6H2,1-5H3,(H,33,34)/b24-15-,29-28?. The minimum Gasteiger partial charge on any atom is -0.478 e. The van der Waals surface area contributed by atoms with Gasteiger partial charge in [0.25, 0.3) is 5.91 Å². The number of ether oxygens (including phenoxy) is 1. The molecule has 1 fully saturated rings. The molecule has 0 unspecified atom stereocenters. The highest BCUT2D eigenvalue weighted by Gasteiger charge is 2.31. The highest BCUT2D eigenvalue weighted by molar-refractivity contribution is 8.18. The van der Waals surface area contributed by atoms with Crippen LogP contribution in [0.5, 0.6) is 0 Å². The number of nitrogens with zero attached hydrogens (tertiary/aromatic N) is 3. The normalized spacial score (nSPS) is 15.6. The molecule has 0 radical (unpaired) electrons. The maximum absolute atomic E-state index is 13.0. The fraction of sp³-hybridized carbons (Fsp3) is 0.214. The number of aliphatic imine (C=N–C) groups is 1. The van der Waals surface area contributed by atoms with E-state index in [2.05, 4.69) is 4.99 Å². The largest absolute Gasteiger partial charge is 0.478 e. The molecule has 3 aromatic rings. The van der Waals surface area contributed by atoms with Crippen molar-refractivity contribution < 1.29 is 24.2 Å². The zero-order chi connectivity index (χ0) is 26.9. The summed E-state index contributed by atoms with van der Waals surface area (Å²) in [6.07, 6.45) is 1.83. The summed E-state index contributed by atoms with van der Waals surface area (Å²) in [7, 11) is 1.65. The van der Waals surface area contributed by atoms with E-state index in [1.54, 1.807) is 45.2 Å². The van der Waals surface area contributed by atoms with E-state index in [4.69, 9.17) is 4.74 Å². The average Bonchev–Trinajstić information content (AvgIpc) is 3.29. The van der Waals surface area contributed by atoms with Gasteiger partial charge in [0.15, 0.2) is 5.17 Å². The number of rotatable bonds is 6. The van der Waals surface area contributed by atoms with E-state index in [-0.39, 0.29) is 17.4 Å². The second kappa shape index (κ2) is 10.5. The molecule has 1 aliphatic rings. The van der Waals surface area contributed by atoms with E-state index in [1.165, 1.54) is 22.7 Å². The van der Waals surface area contributed by atoms with Gasteiger partial charge in [-0.25, -0.2) is 14.6 Å². The van der Waals surface area contributed by atoms with Crippen molar-refractivity contribution in [3.8, 4) is 5.69 Å². The van der Waals surface area contributed by atoms with Crippen molar-refractivity contribution >= 4 is 46.5 Å². The van der Waals surface area contributed by atoms with Gasteiger partial charge in [-0.3, -0.25) is 9.69 Å². The van der Waals surface area contributed by atoms with Crippen molar-refractivity contribution in [3.63, 3.8) is 0 Å². The number of aryl methyl sites for hydroxylation is 1. The Hall–Kier alpha value is -4.11. The molecule has 0 atom stereocenters. The van der Waals surface area contributed by atoms with Gasteiger partial charge in [0.1, 0.15) is 0 Å². The summed E-state index contributed by atoms with van der Waals surface area (Å²) in [6, 6.07) is 14.1. The Balaban J connectivity index is 1.67. The smallest absolute Gasteiger partial charge is 0.338 e.